The van der Waals surface area contributed by atoms with Gasteiger partial charge in [0.15, 0.2) is 0 Å². The molecule has 1 atom stereocenters. The van der Waals surface area contributed by atoms with E-state index in [0.29, 0.717) is 6.54 Å². The maximum absolute atomic E-state index is 11.0. The lowest BCUT2D eigenvalue weighted by Gasteiger charge is -2.36. The summed E-state index contributed by atoms with van der Waals surface area (Å²) in [6.45, 7) is 5.74. The van der Waals surface area contributed by atoms with Crippen LogP contribution >= 0.6 is 11.6 Å². The lowest BCUT2D eigenvalue weighted by atomic mass is 10.2. The van der Waals surface area contributed by atoms with Gasteiger partial charge in [-0.05, 0) is 30.7 Å². The third-order valence-electron chi connectivity index (χ3n) is 4.08. The minimum Gasteiger partial charge on any atom is -0.444 e. The van der Waals surface area contributed by atoms with Crippen LogP contribution in [0.2, 0.25) is 5.02 Å². The molecule has 1 N–H and O–H groups in total. The normalized spacial score (nSPS) is 23.0. The van der Waals surface area contributed by atoms with Crippen LogP contribution < -0.4 is 10.2 Å². The zero-order chi connectivity index (χ0) is 14.7. The highest BCUT2D eigenvalue weighted by atomic mass is 35.5. The van der Waals surface area contributed by atoms with Gasteiger partial charge in [0, 0.05) is 43.4 Å². The zero-order valence-electron chi connectivity index (χ0n) is 11.9. The van der Waals surface area contributed by atoms with Crippen molar-refractivity contribution in [2.24, 2.45) is 0 Å². The third kappa shape index (κ3) is 3.80. The molecule has 2 heterocycles. The van der Waals surface area contributed by atoms with Crippen LogP contribution in [0.25, 0.3) is 0 Å². The Morgan fingerprint density at radius 2 is 1.90 bits per heavy atom. The van der Waals surface area contributed by atoms with E-state index in [1.54, 1.807) is 0 Å². The van der Waals surface area contributed by atoms with E-state index in [0.717, 1.165) is 44.2 Å². The number of alkyl carbamates (subject to hydrolysis) is 1. The molecule has 2 saturated heterocycles. The highest BCUT2D eigenvalue weighted by Crippen LogP contribution is 2.19. The Balaban J connectivity index is 1.42. The average molecular weight is 310 g/mol. The van der Waals surface area contributed by atoms with E-state index in [2.05, 4.69) is 27.2 Å². The first-order valence-electron chi connectivity index (χ1n) is 7.38. The Bertz CT molecular complexity index is 486. The first-order valence-corrected chi connectivity index (χ1v) is 7.76. The van der Waals surface area contributed by atoms with Crippen molar-refractivity contribution in [1.29, 1.82) is 0 Å². The quantitative estimate of drug-likeness (QED) is 0.923. The molecule has 3 rings (SSSR count). The molecule has 2 fully saturated rings. The fourth-order valence-electron chi connectivity index (χ4n) is 2.80. The van der Waals surface area contributed by atoms with Crippen LogP contribution in [0.1, 0.15) is 6.42 Å². The van der Waals surface area contributed by atoms with Crippen LogP contribution in [0.5, 0.6) is 0 Å². The number of hydrogen-bond acceptors (Lipinski definition) is 4. The second-order valence-electron chi connectivity index (χ2n) is 5.50. The molecule has 0 saturated carbocycles. The van der Waals surface area contributed by atoms with Crippen molar-refractivity contribution < 1.29 is 9.53 Å². The molecule has 6 heteroatoms. The number of hydrogen-bond donors (Lipinski definition) is 1. The van der Waals surface area contributed by atoms with Crippen LogP contribution in [-0.2, 0) is 4.74 Å². The van der Waals surface area contributed by atoms with Gasteiger partial charge >= 0.3 is 6.09 Å². The van der Waals surface area contributed by atoms with Crippen molar-refractivity contribution >= 4 is 23.4 Å². The maximum atomic E-state index is 11.0. The van der Waals surface area contributed by atoms with Crippen molar-refractivity contribution in [2.45, 2.75) is 12.5 Å². The van der Waals surface area contributed by atoms with E-state index in [4.69, 9.17) is 16.3 Å². The topological polar surface area (TPSA) is 44.8 Å². The zero-order valence-corrected chi connectivity index (χ0v) is 12.7. The molecular weight excluding hydrogens is 290 g/mol. The summed E-state index contributed by atoms with van der Waals surface area (Å²) < 4.78 is 5.15. The molecule has 5 nitrogen and oxygen atoms in total. The molecule has 21 heavy (non-hydrogen) atoms. The molecule has 1 aromatic rings. The number of piperazine rings is 1. The van der Waals surface area contributed by atoms with Gasteiger partial charge in [0.2, 0.25) is 0 Å². The second kappa shape index (κ2) is 6.54. The number of rotatable bonds is 4. The largest absolute Gasteiger partial charge is 0.444 e. The monoisotopic (exact) mass is 309 g/mol. The van der Waals surface area contributed by atoms with E-state index in [-0.39, 0.29) is 12.2 Å². The molecular formula is C15H20ClN3O2. The first-order chi connectivity index (χ1) is 10.2. The summed E-state index contributed by atoms with van der Waals surface area (Å²) in [5.41, 5.74) is 1.23. The molecule has 0 aromatic heterocycles. The maximum Gasteiger partial charge on any atom is 0.407 e. The number of ether oxygens (including phenoxy) is 1. The van der Waals surface area contributed by atoms with Crippen LogP contribution in [0.15, 0.2) is 24.3 Å². The van der Waals surface area contributed by atoms with Crippen LogP contribution in [0.3, 0.4) is 0 Å². The predicted octanol–water partition coefficient (Wildman–Crippen LogP) is 1.96. The molecule has 114 valence electrons. The van der Waals surface area contributed by atoms with Gasteiger partial charge in [-0.3, -0.25) is 4.90 Å². The Kier molecular flexibility index (Phi) is 4.51. The lowest BCUT2D eigenvalue weighted by molar-refractivity contribution is 0.124. The average Bonchev–Trinajstić information content (AvgIpc) is 2.92. The summed E-state index contributed by atoms with van der Waals surface area (Å²) in [5.74, 6) is 0. The van der Waals surface area contributed by atoms with Gasteiger partial charge in [0.05, 0.1) is 6.54 Å². The molecule has 0 radical (unpaired) electrons. The minimum atomic E-state index is -0.285. The summed E-state index contributed by atoms with van der Waals surface area (Å²) in [6.07, 6.45) is 0.652. The summed E-state index contributed by atoms with van der Waals surface area (Å²) in [7, 11) is 0. The minimum absolute atomic E-state index is 0.0341. The van der Waals surface area contributed by atoms with Gasteiger partial charge in [-0.1, -0.05) is 11.6 Å². The van der Waals surface area contributed by atoms with E-state index >= 15 is 0 Å². The predicted molar refractivity (Wildman–Crippen MR) is 83.0 cm³/mol. The summed E-state index contributed by atoms with van der Waals surface area (Å²) in [6, 6.07) is 8.01. The van der Waals surface area contributed by atoms with Crippen molar-refractivity contribution in [3.05, 3.63) is 29.3 Å². The van der Waals surface area contributed by atoms with Gasteiger partial charge in [-0.2, -0.15) is 0 Å². The number of cyclic esters (lactones) is 1. The fourth-order valence-corrected chi connectivity index (χ4v) is 2.93. The molecule has 2 aliphatic heterocycles. The summed E-state index contributed by atoms with van der Waals surface area (Å²) in [4.78, 5) is 15.8. The van der Waals surface area contributed by atoms with Crippen LogP contribution in [0.4, 0.5) is 10.5 Å². The Hall–Kier alpha value is -1.46. The van der Waals surface area contributed by atoms with E-state index in [1.165, 1.54) is 5.69 Å². The van der Waals surface area contributed by atoms with Crippen molar-refractivity contribution in [1.82, 2.24) is 10.2 Å². The Labute approximate surface area is 129 Å². The number of nitrogens with one attached hydrogen (secondary N) is 1. The molecule has 1 aromatic carbocycles. The number of amides is 1. The number of nitrogens with zero attached hydrogens (tertiary/aromatic N) is 2. The second-order valence-corrected chi connectivity index (χ2v) is 5.94. The van der Waals surface area contributed by atoms with Crippen molar-refractivity contribution in [2.75, 3.05) is 44.2 Å². The molecule has 1 unspecified atom stereocenters. The summed E-state index contributed by atoms with van der Waals surface area (Å²) >= 11 is 5.92. The number of carbonyl (C=O) groups is 1. The van der Waals surface area contributed by atoms with Crippen molar-refractivity contribution in [3.63, 3.8) is 0 Å². The Morgan fingerprint density at radius 1 is 1.19 bits per heavy atom. The van der Waals surface area contributed by atoms with E-state index in [1.807, 2.05) is 12.1 Å². The lowest BCUT2D eigenvalue weighted by Crippen LogP contribution is -2.47. The number of anilines is 1. The number of carbonyl (C=O) groups excluding carboxylic acids is 1. The van der Waals surface area contributed by atoms with E-state index in [9.17, 15) is 4.79 Å². The first kappa shape index (κ1) is 14.5. The third-order valence-corrected chi connectivity index (χ3v) is 4.33. The standard InChI is InChI=1S/C15H20ClN3O2/c16-12-1-3-13(4-2-12)19-9-7-18(8-10-19)6-5-14-11-17-15(20)21-14/h1-4,14H,5-11H2,(H,17,20). The summed E-state index contributed by atoms with van der Waals surface area (Å²) in [5, 5.41) is 3.47. The van der Waals surface area contributed by atoms with Gasteiger partial charge in [-0.25, -0.2) is 4.79 Å². The van der Waals surface area contributed by atoms with Gasteiger partial charge in [0.1, 0.15) is 6.10 Å². The van der Waals surface area contributed by atoms with Gasteiger partial charge in [0.25, 0.3) is 0 Å². The highest BCUT2D eigenvalue weighted by molar-refractivity contribution is 6.30. The van der Waals surface area contributed by atoms with E-state index < -0.39 is 0 Å². The molecule has 2 aliphatic rings. The smallest absolute Gasteiger partial charge is 0.407 e. The van der Waals surface area contributed by atoms with Crippen molar-refractivity contribution in [3.8, 4) is 0 Å². The van der Waals surface area contributed by atoms with Crippen LogP contribution in [-0.4, -0.2) is 56.4 Å². The number of benzene rings is 1. The molecule has 1 amide bonds. The highest BCUT2D eigenvalue weighted by Gasteiger charge is 2.24. The molecule has 0 bridgehead atoms. The molecule has 0 spiro atoms. The Morgan fingerprint density at radius 3 is 2.52 bits per heavy atom. The van der Waals surface area contributed by atoms with Gasteiger partial charge in [-0.15, -0.1) is 0 Å². The SMILES string of the molecule is O=C1NCC(CCN2CCN(c3ccc(Cl)cc3)CC2)O1. The van der Waals surface area contributed by atoms with Crippen LogP contribution in [0, 0.1) is 0 Å². The molecule has 0 aliphatic carbocycles. The fraction of sp³-hybridized carbons (Fsp3) is 0.533. The number of halogens is 1. The van der Waals surface area contributed by atoms with Gasteiger partial charge < -0.3 is 15.0 Å².